The quantitative estimate of drug-likeness (QED) is 0.280. The van der Waals surface area contributed by atoms with Gasteiger partial charge in [-0.05, 0) is 61.0 Å². The molecule has 2 aromatic heterocycles. The number of rotatable bonds is 8. The molecule has 0 saturated carbocycles. The Morgan fingerprint density at radius 1 is 0.939 bits per heavy atom. The van der Waals surface area contributed by atoms with E-state index in [1.807, 2.05) is 73.7 Å². The molecule has 0 amide bonds. The zero-order valence-corrected chi connectivity index (χ0v) is 19.1. The Morgan fingerprint density at radius 2 is 1.79 bits per heavy atom. The summed E-state index contributed by atoms with van der Waals surface area (Å²) in [6.45, 7) is 2.24. The van der Waals surface area contributed by atoms with E-state index in [9.17, 15) is 0 Å². The lowest BCUT2D eigenvalue weighted by atomic mass is 10.2. The van der Waals surface area contributed by atoms with E-state index in [0.717, 1.165) is 39.6 Å². The summed E-state index contributed by atoms with van der Waals surface area (Å²) in [5.41, 5.74) is 4.12. The van der Waals surface area contributed by atoms with E-state index < -0.39 is 0 Å². The summed E-state index contributed by atoms with van der Waals surface area (Å²) in [7, 11) is 1.66. The van der Waals surface area contributed by atoms with Crippen molar-refractivity contribution in [3.05, 3.63) is 90.1 Å². The highest BCUT2D eigenvalue weighted by molar-refractivity contribution is 7.98. The maximum atomic E-state index is 5.77. The van der Waals surface area contributed by atoms with Crippen molar-refractivity contribution < 1.29 is 13.9 Å². The van der Waals surface area contributed by atoms with Gasteiger partial charge in [0.25, 0.3) is 11.1 Å². The number of hydrogen-bond donors (Lipinski definition) is 0. The van der Waals surface area contributed by atoms with Crippen molar-refractivity contribution in [3.8, 4) is 17.2 Å². The number of nitrogens with zero attached hydrogens (tertiary/aromatic N) is 4. The molecule has 0 saturated heterocycles. The SMILES string of the molecule is COc1ccc(-n2c(CSc3nnc(COc4cccc(C)c4)o3)nc3ccccc32)cc1. The standard InChI is InChI=1S/C25H22N4O3S/c1-17-6-5-7-20(14-17)31-15-24-27-28-25(32-24)33-16-23-26-21-8-3-4-9-22(21)29(23)18-10-12-19(30-2)13-11-18/h3-14H,15-16H2,1-2H3. The maximum Gasteiger partial charge on any atom is 0.277 e. The Labute approximate surface area is 195 Å². The molecule has 5 aromatic rings. The van der Waals surface area contributed by atoms with Crippen LogP contribution in [0, 0.1) is 6.92 Å². The molecule has 0 bridgehead atoms. The van der Waals surface area contributed by atoms with Crippen molar-refractivity contribution in [1.82, 2.24) is 19.7 Å². The highest BCUT2D eigenvalue weighted by Gasteiger charge is 2.15. The van der Waals surface area contributed by atoms with E-state index >= 15 is 0 Å². The average Bonchev–Trinajstić information content (AvgIpc) is 3.45. The fraction of sp³-hybridized carbons (Fsp3) is 0.160. The second kappa shape index (κ2) is 9.38. The number of aryl methyl sites for hydroxylation is 1. The summed E-state index contributed by atoms with van der Waals surface area (Å²) in [6.07, 6.45) is 0. The van der Waals surface area contributed by atoms with Gasteiger partial charge in [-0.15, -0.1) is 10.2 Å². The first kappa shape index (κ1) is 21.1. The number of fused-ring (bicyclic) bond motifs is 1. The Morgan fingerprint density at radius 3 is 2.61 bits per heavy atom. The van der Waals surface area contributed by atoms with Gasteiger partial charge in [-0.2, -0.15) is 0 Å². The van der Waals surface area contributed by atoms with E-state index in [1.165, 1.54) is 11.8 Å². The van der Waals surface area contributed by atoms with Crippen molar-refractivity contribution in [1.29, 1.82) is 0 Å². The van der Waals surface area contributed by atoms with Gasteiger partial charge in [-0.3, -0.25) is 4.57 Å². The van der Waals surface area contributed by atoms with Crippen LogP contribution in [0.5, 0.6) is 11.5 Å². The minimum Gasteiger partial charge on any atom is -0.497 e. The Balaban J connectivity index is 1.32. The number of ether oxygens (including phenoxy) is 2. The third-order valence-electron chi connectivity index (χ3n) is 5.09. The number of para-hydroxylation sites is 2. The summed E-state index contributed by atoms with van der Waals surface area (Å²) >= 11 is 1.45. The van der Waals surface area contributed by atoms with Crippen LogP contribution < -0.4 is 9.47 Å². The van der Waals surface area contributed by atoms with E-state index in [0.29, 0.717) is 16.9 Å². The Kier molecular flexibility index (Phi) is 5.99. The maximum absolute atomic E-state index is 5.77. The van der Waals surface area contributed by atoms with Crippen LogP contribution in [0.15, 0.2) is 82.4 Å². The molecule has 166 valence electrons. The molecule has 0 aliphatic carbocycles. The zero-order chi connectivity index (χ0) is 22.6. The molecular formula is C25H22N4O3S. The minimum absolute atomic E-state index is 0.224. The Bertz CT molecular complexity index is 1380. The van der Waals surface area contributed by atoms with Gasteiger partial charge in [0.2, 0.25) is 0 Å². The van der Waals surface area contributed by atoms with Gasteiger partial charge in [-0.25, -0.2) is 4.98 Å². The summed E-state index contributed by atoms with van der Waals surface area (Å²) in [5, 5.41) is 8.74. The molecule has 0 N–H and O–H groups in total. The molecule has 0 spiro atoms. The van der Waals surface area contributed by atoms with Crippen LogP contribution in [-0.4, -0.2) is 26.9 Å². The molecule has 7 nitrogen and oxygen atoms in total. The number of aromatic nitrogens is 4. The molecule has 8 heteroatoms. The van der Waals surface area contributed by atoms with Crippen molar-refractivity contribution in [3.63, 3.8) is 0 Å². The lowest BCUT2D eigenvalue weighted by molar-refractivity contribution is 0.252. The van der Waals surface area contributed by atoms with E-state index in [1.54, 1.807) is 7.11 Å². The predicted octanol–water partition coefficient (Wildman–Crippen LogP) is 5.60. The second-order valence-corrected chi connectivity index (χ2v) is 8.33. The molecule has 33 heavy (non-hydrogen) atoms. The van der Waals surface area contributed by atoms with Crippen molar-refractivity contribution in [2.75, 3.05) is 7.11 Å². The highest BCUT2D eigenvalue weighted by Crippen LogP contribution is 2.28. The second-order valence-electron chi connectivity index (χ2n) is 7.41. The first-order chi connectivity index (χ1) is 16.2. The van der Waals surface area contributed by atoms with Gasteiger partial charge in [0.15, 0.2) is 6.61 Å². The van der Waals surface area contributed by atoms with Crippen LogP contribution in [0.4, 0.5) is 0 Å². The molecule has 0 aliphatic rings. The largest absolute Gasteiger partial charge is 0.497 e. The van der Waals surface area contributed by atoms with Crippen molar-refractivity contribution >= 4 is 22.8 Å². The number of methoxy groups -OCH3 is 1. The third kappa shape index (κ3) is 4.70. The molecular weight excluding hydrogens is 436 g/mol. The molecule has 3 aromatic carbocycles. The number of hydrogen-bond acceptors (Lipinski definition) is 7. The molecule has 2 heterocycles. The third-order valence-corrected chi connectivity index (χ3v) is 5.90. The lowest BCUT2D eigenvalue weighted by Gasteiger charge is -2.09. The summed E-state index contributed by atoms with van der Waals surface area (Å²) in [4.78, 5) is 4.83. The molecule has 0 aliphatic heterocycles. The van der Waals surface area contributed by atoms with Crippen molar-refractivity contribution in [2.45, 2.75) is 24.5 Å². The average molecular weight is 459 g/mol. The predicted molar refractivity (Wildman–Crippen MR) is 127 cm³/mol. The van der Waals surface area contributed by atoms with Gasteiger partial charge in [0.05, 0.1) is 23.9 Å². The fourth-order valence-electron chi connectivity index (χ4n) is 3.52. The highest BCUT2D eigenvalue weighted by atomic mass is 32.2. The normalized spacial score (nSPS) is 11.1. The van der Waals surface area contributed by atoms with Gasteiger partial charge in [0.1, 0.15) is 17.3 Å². The van der Waals surface area contributed by atoms with Gasteiger partial charge in [-0.1, -0.05) is 36.0 Å². The summed E-state index contributed by atoms with van der Waals surface area (Å²) in [5.74, 6) is 3.48. The molecule has 0 radical (unpaired) electrons. The van der Waals surface area contributed by atoms with E-state index in [4.69, 9.17) is 18.9 Å². The number of thioether (sulfide) groups is 1. The van der Waals surface area contributed by atoms with Crippen LogP contribution in [0.2, 0.25) is 0 Å². The smallest absolute Gasteiger partial charge is 0.277 e. The van der Waals surface area contributed by atoms with E-state index in [-0.39, 0.29) is 6.61 Å². The first-order valence-electron chi connectivity index (χ1n) is 10.4. The molecule has 0 fully saturated rings. The lowest BCUT2D eigenvalue weighted by Crippen LogP contribution is -2.00. The van der Waals surface area contributed by atoms with Crippen LogP contribution in [0.25, 0.3) is 16.7 Å². The molecule has 5 rings (SSSR count). The summed E-state index contributed by atoms with van der Waals surface area (Å²) < 4.78 is 19.0. The fourth-order valence-corrected chi connectivity index (χ4v) is 4.22. The zero-order valence-electron chi connectivity index (χ0n) is 18.3. The molecule has 0 unspecified atom stereocenters. The topological polar surface area (TPSA) is 75.2 Å². The number of benzene rings is 3. The Hall–Kier alpha value is -3.78. The van der Waals surface area contributed by atoms with Crippen LogP contribution in [0.1, 0.15) is 17.3 Å². The summed E-state index contributed by atoms with van der Waals surface area (Å²) in [6, 6.07) is 23.9. The molecule has 0 atom stereocenters. The van der Waals surface area contributed by atoms with Crippen LogP contribution >= 0.6 is 11.8 Å². The monoisotopic (exact) mass is 458 g/mol. The van der Waals surface area contributed by atoms with E-state index in [2.05, 4.69) is 20.8 Å². The van der Waals surface area contributed by atoms with Crippen molar-refractivity contribution in [2.24, 2.45) is 0 Å². The van der Waals surface area contributed by atoms with Gasteiger partial charge in [0, 0.05) is 5.69 Å². The number of imidazole rings is 1. The minimum atomic E-state index is 0.224. The van der Waals surface area contributed by atoms with Gasteiger partial charge < -0.3 is 13.9 Å². The van der Waals surface area contributed by atoms with Crippen LogP contribution in [-0.2, 0) is 12.4 Å². The first-order valence-corrected chi connectivity index (χ1v) is 11.4. The van der Waals surface area contributed by atoms with Gasteiger partial charge >= 0.3 is 0 Å². The van der Waals surface area contributed by atoms with Crippen LogP contribution in [0.3, 0.4) is 0 Å².